The maximum Gasteiger partial charge on any atom is 0.347 e. The van der Waals surface area contributed by atoms with Gasteiger partial charge in [0.25, 0.3) is 5.91 Å². The Morgan fingerprint density at radius 2 is 1.73 bits per heavy atom. The van der Waals surface area contributed by atoms with Crippen LogP contribution in [0.5, 0.6) is 5.75 Å². The van der Waals surface area contributed by atoms with Crippen molar-refractivity contribution in [3.8, 4) is 5.75 Å². The monoisotopic (exact) mass is 554 g/mol. The molecule has 6 nitrogen and oxygen atoms in total. The molecule has 0 saturated heterocycles. The van der Waals surface area contributed by atoms with E-state index in [0.717, 1.165) is 47.0 Å². The average molecular weight is 555 g/mol. The number of ether oxygens (including phenoxy) is 2. The summed E-state index contributed by atoms with van der Waals surface area (Å²) in [6, 6.07) is 22.2. The average Bonchev–Trinajstić information content (AvgIpc) is 3.22. The largest absolute Gasteiger partial charge is 0.479 e. The number of aromatic nitrogens is 1. The Labute approximate surface area is 243 Å². The third-order valence-electron chi connectivity index (χ3n) is 7.90. The zero-order chi connectivity index (χ0) is 29.5. The molecular formula is C35H42N2O4. The number of carbonyl (C=O) groups is 2. The molecule has 0 spiro atoms. The SMILES string of the molecule is CCCCc1cccc([C@H](C)NC(=O)c2ccc3c(Cc4cccc(OC(CC)C(=O)OC)c4)c(C)n(C)c3c2)c1. The van der Waals surface area contributed by atoms with Crippen molar-refractivity contribution in [3.63, 3.8) is 0 Å². The molecule has 2 atom stereocenters. The summed E-state index contributed by atoms with van der Waals surface area (Å²) in [6.07, 6.45) is 3.98. The Hall–Kier alpha value is -4.06. The van der Waals surface area contributed by atoms with E-state index >= 15 is 0 Å². The Bertz CT molecular complexity index is 1520. The van der Waals surface area contributed by atoms with Crippen molar-refractivity contribution in [2.75, 3.05) is 7.11 Å². The van der Waals surface area contributed by atoms with E-state index in [1.165, 1.54) is 18.2 Å². The second-order valence-corrected chi connectivity index (χ2v) is 10.8. The highest BCUT2D eigenvalue weighted by Gasteiger charge is 2.20. The van der Waals surface area contributed by atoms with Gasteiger partial charge >= 0.3 is 5.97 Å². The predicted molar refractivity (Wildman–Crippen MR) is 165 cm³/mol. The van der Waals surface area contributed by atoms with Gasteiger partial charge in [0.15, 0.2) is 6.10 Å². The molecule has 1 aromatic heterocycles. The molecule has 0 aliphatic carbocycles. The Balaban J connectivity index is 1.52. The fraction of sp³-hybridized carbons (Fsp3) is 0.371. The summed E-state index contributed by atoms with van der Waals surface area (Å²) in [6.45, 7) is 8.23. The predicted octanol–water partition coefficient (Wildman–Crippen LogP) is 7.24. The molecule has 0 radical (unpaired) electrons. The number of rotatable bonds is 12. The van der Waals surface area contributed by atoms with Crippen molar-refractivity contribution < 1.29 is 19.1 Å². The number of amides is 1. The van der Waals surface area contributed by atoms with Crippen LogP contribution >= 0.6 is 0 Å². The normalized spacial score (nSPS) is 12.6. The Morgan fingerprint density at radius 3 is 2.46 bits per heavy atom. The Kier molecular flexibility index (Phi) is 9.87. The van der Waals surface area contributed by atoms with E-state index in [1.54, 1.807) is 0 Å². The molecular weight excluding hydrogens is 512 g/mol. The van der Waals surface area contributed by atoms with E-state index in [4.69, 9.17) is 9.47 Å². The van der Waals surface area contributed by atoms with Crippen LogP contribution in [-0.2, 0) is 29.4 Å². The number of unbranched alkanes of at least 4 members (excludes halogenated alkanes) is 1. The lowest BCUT2D eigenvalue weighted by Crippen LogP contribution is -2.27. The number of fused-ring (bicyclic) bond motifs is 1. The van der Waals surface area contributed by atoms with E-state index in [9.17, 15) is 9.59 Å². The van der Waals surface area contributed by atoms with Crippen molar-refractivity contribution in [1.82, 2.24) is 9.88 Å². The van der Waals surface area contributed by atoms with Crippen molar-refractivity contribution >= 4 is 22.8 Å². The molecule has 0 fully saturated rings. The van der Waals surface area contributed by atoms with Gasteiger partial charge in [-0.15, -0.1) is 0 Å². The van der Waals surface area contributed by atoms with Crippen LogP contribution in [0.1, 0.15) is 84.4 Å². The molecule has 4 aromatic rings. The molecule has 4 rings (SSSR count). The van der Waals surface area contributed by atoms with Crippen LogP contribution in [0.3, 0.4) is 0 Å². The zero-order valence-electron chi connectivity index (χ0n) is 25.1. The highest BCUT2D eigenvalue weighted by atomic mass is 16.6. The molecule has 1 unspecified atom stereocenters. The minimum absolute atomic E-state index is 0.0836. The minimum Gasteiger partial charge on any atom is -0.479 e. The van der Waals surface area contributed by atoms with Crippen molar-refractivity contribution in [3.05, 3.63) is 100 Å². The van der Waals surface area contributed by atoms with Gasteiger partial charge in [0.05, 0.1) is 13.2 Å². The number of aryl methyl sites for hydroxylation is 2. The van der Waals surface area contributed by atoms with Gasteiger partial charge in [-0.1, -0.05) is 62.7 Å². The number of nitrogens with zero attached hydrogens (tertiary/aromatic N) is 1. The van der Waals surface area contributed by atoms with Gasteiger partial charge in [0, 0.05) is 29.2 Å². The van der Waals surface area contributed by atoms with Gasteiger partial charge in [-0.3, -0.25) is 4.79 Å². The van der Waals surface area contributed by atoms with E-state index in [-0.39, 0.29) is 17.9 Å². The standard InChI is InChI=1S/C35H42N2O4/c1-7-9-12-25-13-10-15-27(19-25)23(3)36-34(38)28-17-18-30-31(24(4)37(5)32(30)22-28)21-26-14-11-16-29(20-26)41-33(8-2)35(39)40-6/h10-11,13-20,22-23,33H,7-9,12,21H2,1-6H3,(H,36,38)/t23-,33?/m0/s1. The van der Waals surface area contributed by atoms with Crippen LogP contribution in [0.4, 0.5) is 0 Å². The first kappa shape index (κ1) is 29.9. The summed E-state index contributed by atoms with van der Waals surface area (Å²) in [5, 5.41) is 4.30. The van der Waals surface area contributed by atoms with Gasteiger partial charge in [-0.05, 0) is 86.1 Å². The Morgan fingerprint density at radius 1 is 0.976 bits per heavy atom. The highest BCUT2D eigenvalue weighted by molar-refractivity contribution is 5.99. The second-order valence-electron chi connectivity index (χ2n) is 10.8. The lowest BCUT2D eigenvalue weighted by atomic mass is 10.0. The van der Waals surface area contributed by atoms with Crippen molar-refractivity contribution in [2.45, 2.75) is 71.9 Å². The number of methoxy groups -OCH3 is 1. The molecule has 0 aliphatic heterocycles. The number of esters is 1. The summed E-state index contributed by atoms with van der Waals surface area (Å²) < 4.78 is 12.9. The van der Waals surface area contributed by atoms with Crippen LogP contribution in [0.15, 0.2) is 66.7 Å². The van der Waals surface area contributed by atoms with E-state index in [1.807, 2.05) is 57.3 Å². The van der Waals surface area contributed by atoms with Gasteiger partial charge in [-0.2, -0.15) is 0 Å². The smallest absolute Gasteiger partial charge is 0.347 e. The lowest BCUT2D eigenvalue weighted by Gasteiger charge is -2.16. The van der Waals surface area contributed by atoms with Gasteiger partial charge in [-0.25, -0.2) is 4.79 Å². The topological polar surface area (TPSA) is 69.6 Å². The summed E-state index contributed by atoms with van der Waals surface area (Å²) in [5.41, 5.74) is 7.50. The molecule has 0 saturated carbocycles. The molecule has 1 N–H and O–H groups in total. The third kappa shape index (κ3) is 6.99. The van der Waals surface area contributed by atoms with Crippen LogP contribution in [0, 0.1) is 6.92 Å². The number of carbonyl (C=O) groups excluding carboxylic acids is 2. The molecule has 1 heterocycles. The zero-order valence-corrected chi connectivity index (χ0v) is 25.1. The fourth-order valence-corrected chi connectivity index (χ4v) is 5.30. The number of benzene rings is 3. The third-order valence-corrected chi connectivity index (χ3v) is 7.90. The van der Waals surface area contributed by atoms with Crippen LogP contribution < -0.4 is 10.1 Å². The molecule has 216 valence electrons. The lowest BCUT2D eigenvalue weighted by molar-refractivity contribution is -0.148. The van der Waals surface area contributed by atoms with E-state index in [0.29, 0.717) is 24.2 Å². The number of nitrogens with one attached hydrogen (secondary N) is 1. The summed E-state index contributed by atoms with van der Waals surface area (Å²) in [5.74, 6) is 0.179. The molecule has 3 aromatic carbocycles. The molecule has 0 bridgehead atoms. The first-order valence-corrected chi connectivity index (χ1v) is 14.6. The highest BCUT2D eigenvalue weighted by Crippen LogP contribution is 2.29. The van der Waals surface area contributed by atoms with Crippen molar-refractivity contribution in [2.24, 2.45) is 7.05 Å². The first-order valence-electron chi connectivity index (χ1n) is 14.6. The molecule has 1 amide bonds. The first-order chi connectivity index (χ1) is 19.7. The summed E-state index contributed by atoms with van der Waals surface area (Å²) in [4.78, 5) is 25.3. The minimum atomic E-state index is -0.633. The van der Waals surface area contributed by atoms with E-state index < -0.39 is 6.10 Å². The van der Waals surface area contributed by atoms with Gasteiger partial charge < -0.3 is 19.4 Å². The number of hydrogen-bond donors (Lipinski definition) is 1. The summed E-state index contributed by atoms with van der Waals surface area (Å²) in [7, 11) is 3.41. The van der Waals surface area contributed by atoms with Crippen molar-refractivity contribution in [1.29, 1.82) is 0 Å². The maximum atomic E-state index is 13.3. The second kappa shape index (κ2) is 13.5. The van der Waals surface area contributed by atoms with Gasteiger partial charge in [0.2, 0.25) is 0 Å². The maximum absolute atomic E-state index is 13.3. The fourth-order valence-electron chi connectivity index (χ4n) is 5.30. The molecule has 0 aliphatic rings. The number of hydrogen-bond acceptors (Lipinski definition) is 4. The molecule has 6 heteroatoms. The van der Waals surface area contributed by atoms with E-state index in [2.05, 4.69) is 54.1 Å². The van der Waals surface area contributed by atoms with Crippen LogP contribution in [-0.4, -0.2) is 29.7 Å². The molecule has 41 heavy (non-hydrogen) atoms. The van der Waals surface area contributed by atoms with Gasteiger partial charge in [0.1, 0.15) is 5.75 Å². The van der Waals surface area contributed by atoms with Crippen LogP contribution in [0.2, 0.25) is 0 Å². The van der Waals surface area contributed by atoms with Crippen LogP contribution in [0.25, 0.3) is 10.9 Å². The quantitative estimate of drug-likeness (QED) is 0.187. The summed E-state index contributed by atoms with van der Waals surface area (Å²) >= 11 is 0.